The zero-order valence-corrected chi connectivity index (χ0v) is 11.2. The van der Waals surface area contributed by atoms with Gasteiger partial charge in [0, 0.05) is 26.3 Å². The first-order valence-corrected chi connectivity index (χ1v) is 6.01. The number of methoxy groups -OCH3 is 1. The molecule has 2 amide bonds. The molecule has 19 heavy (non-hydrogen) atoms. The fourth-order valence-corrected chi connectivity index (χ4v) is 2.02. The van der Waals surface area contributed by atoms with Gasteiger partial charge in [-0.2, -0.15) is 0 Å². The van der Waals surface area contributed by atoms with Crippen LogP contribution in [0.1, 0.15) is 30.1 Å². The second kappa shape index (κ2) is 5.00. The van der Waals surface area contributed by atoms with Crippen molar-refractivity contribution in [1.29, 1.82) is 0 Å². The van der Waals surface area contributed by atoms with Crippen LogP contribution in [0.2, 0.25) is 0 Å². The van der Waals surface area contributed by atoms with Crippen molar-refractivity contribution in [1.82, 2.24) is 15.4 Å². The van der Waals surface area contributed by atoms with Crippen LogP contribution < -0.4 is 5.32 Å². The van der Waals surface area contributed by atoms with Crippen molar-refractivity contribution in [2.24, 2.45) is 0 Å². The van der Waals surface area contributed by atoms with Crippen LogP contribution in [0.4, 0.5) is 0 Å². The van der Waals surface area contributed by atoms with E-state index in [9.17, 15) is 9.59 Å². The van der Waals surface area contributed by atoms with Gasteiger partial charge in [-0.3, -0.25) is 9.59 Å². The lowest BCUT2D eigenvalue weighted by molar-refractivity contribution is -0.133. The highest BCUT2D eigenvalue weighted by Crippen LogP contribution is 2.20. The van der Waals surface area contributed by atoms with Crippen LogP contribution in [0, 0.1) is 0 Å². The van der Waals surface area contributed by atoms with E-state index in [1.807, 2.05) is 0 Å². The Kier molecular flexibility index (Phi) is 3.57. The zero-order valence-electron chi connectivity index (χ0n) is 11.2. The van der Waals surface area contributed by atoms with Gasteiger partial charge in [-0.15, -0.1) is 0 Å². The number of piperazine rings is 1. The molecule has 0 unspecified atom stereocenters. The molecule has 1 fully saturated rings. The molecule has 104 valence electrons. The highest BCUT2D eigenvalue weighted by atomic mass is 16.5. The van der Waals surface area contributed by atoms with E-state index >= 15 is 0 Å². The van der Waals surface area contributed by atoms with E-state index in [0.29, 0.717) is 18.8 Å². The molecule has 2 rings (SSSR count). The summed E-state index contributed by atoms with van der Waals surface area (Å²) in [5.41, 5.74) is -0.703. The minimum absolute atomic E-state index is 0.173. The predicted octanol–water partition coefficient (Wildman–Crippen LogP) is 0.172. The first-order valence-electron chi connectivity index (χ1n) is 6.01. The maximum Gasteiger partial charge on any atom is 0.276 e. The number of aromatic nitrogens is 1. The van der Waals surface area contributed by atoms with Gasteiger partial charge >= 0.3 is 0 Å². The van der Waals surface area contributed by atoms with Crippen molar-refractivity contribution in [3.8, 4) is 0 Å². The Morgan fingerprint density at radius 2 is 2.37 bits per heavy atom. The summed E-state index contributed by atoms with van der Waals surface area (Å²) in [6.45, 7) is 4.55. The molecule has 1 N–H and O–H groups in total. The number of hydrogen-bond donors (Lipinski definition) is 1. The van der Waals surface area contributed by atoms with E-state index in [0.717, 1.165) is 0 Å². The standard InChI is InChI=1S/C12H17N3O4/c1-12(2)11(17)13-4-5-15(12)10(16)9-6-8(7-18-3)19-14-9/h6H,4-5,7H2,1-3H3,(H,13,17). The molecule has 0 aliphatic carbocycles. The van der Waals surface area contributed by atoms with Gasteiger partial charge in [-0.25, -0.2) is 0 Å². The van der Waals surface area contributed by atoms with E-state index < -0.39 is 5.54 Å². The molecule has 0 saturated carbocycles. The van der Waals surface area contributed by atoms with Crippen molar-refractivity contribution in [3.63, 3.8) is 0 Å². The number of rotatable bonds is 3. The average Bonchev–Trinajstić information content (AvgIpc) is 2.81. The molecule has 1 aromatic rings. The molecule has 1 aliphatic heterocycles. The third kappa shape index (κ3) is 2.46. The summed E-state index contributed by atoms with van der Waals surface area (Å²) < 4.78 is 9.89. The van der Waals surface area contributed by atoms with E-state index in [2.05, 4.69) is 10.5 Å². The molecule has 0 radical (unpaired) electrons. The number of amides is 2. The number of nitrogens with one attached hydrogen (secondary N) is 1. The summed E-state index contributed by atoms with van der Waals surface area (Å²) in [5, 5.41) is 6.46. The van der Waals surface area contributed by atoms with E-state index in [-0.39, 0.29) is 24.1 Å². The fraction of sp³-hybridized carbons (Fsp3) is 0.583. The third-order valence-electron chi connectivity index (χ3n) is 3.16. The molecule has 0 aromatic carbocycles. The highest BCUT2D eigenvalue weighted by molar-refractivity contribution is 5.98. The molecule has 0 atom stereocenters. The van der Waals surface area contributed by atoms with Gasteiger partial charge in [-0.05, 0) is 13.8 Å². The number of carbonyl (C=O) groups excluding carboxylic acids is 2. The first-order chi connectivity index (χ1) is 8.96. The number of carbonyl (C=O) groups is 2. The van der Waals surface area contributed by atoms with Crippen molar-refractivity contribution < 1.29 is 18.8 Å². The normalized spacial score (nSPS) is 18.3. The molecule has 1 aromatic heterocycles. The molecule has 0 bridgehead atoms. The lowest BCUT2D eigenvalue weighted by atomic mass is 9.98. The first kappa shape index (κ1) is 13.5. The van der Waals surface area contributed by atoms with Crippen LogP contribution >= 0.6 is 0 Å². The molecular formula is C12H17N3O4. The van der Waals surface area contributed by atoms with Crippen LogP contribution in [0.15, 0.2) is 10.6 Å². The van der Waals surface area contributed by atoms with Crippen molar-refractivity contribution in [2.45, 2.75) is 26.0 Å². The van der Waals surface area contributed by atoms with Crippen molar-refractivity contribution in [3.05, 3.63) is 17.5 Å². The lowest BCUT2D eigenvalue weighted by Gasteiger charge is -2.40. The summed E-state index contributed by atoms with van der Waals surface area (Å²) >= 11 is 0. The largest absolute Gasteiger partial charge is 0.377 e. The van der Waals surface area contributed by atoms with Crippen molar-refractivity contribution in [2.75, 3.05) is 20.2 Å². The smallest absolute Gasteiger partial charge is 0.276 e. The van der Waals surface area contributed by atoms with E-state index in [4.69, 9.17) is 9.26 Å². The Morgan fingerprint density at radius 1 is 1.63 bits per heavy atom. The Balaban J connectivity index is 2.20. The predicted molar refractivity (Wildman–Crippen MR) is 65.3 cm³/mol. The van der Waals surface area contributed by atoms with Crippen molar-refractivity contribution >= 4 is 11.8 Å². The Morgan fingerprint density at radius 3 is 3.05 bits per heavy atom. The molecule has 2 heterocycles. The van der Waals surface area contributed by atoms with Gasteiger partial charge in [-0.1, -0.05) is 5.16 Å². The zero-order chi connectivity index (χ0) is 14.0. The molecule has 7 heteroatoms. The highest BCUT2D eigenvalue weighted by Gasteiger charge is 2.41. The van der Waals surface area contributed by atoms with Crippen LogP contribution in [-0.4, -0.2) is 47.6 Å². The summed E-state index contributed by atoms with van der Waals surface area (Å²) in [4.78, 5) is 25.7. The molecule has 0 spiro atoms. The Hall–Kier alpha value is -1.89. The number of nitrogens with zero attached hydrogens (tertiary/aromatic N) is 2. The quantitative estimate of drug-likeness (QED) is 0.844. The summed E-state index contributed by atoms with van der Waals surface area (Å²) in [7, 11) is 1.53. The van der Waals surface area contributed by atoms with Gasteiger partial charge < -0.3 is 19.5 Å². The molecule has 7 nitrogen and oxygen atoms in total. The molecule has 1 saturated heterocycles. The average molecular weight is 267 g/mol. The second-order valence-corrected chi connectivity index (χ2v) is 4.88. The van der Waals surface area contributed by atoms with Crippen LogP contribution in [-0.2, 0) is 16.1 Å². The number of ether oxygens (including phenoxy) is 1. The maximum atomic E-state index is 12.4. The Bertz CT molecular complexity index is 495. The van der Waals surface area contributed by atoms with Gasteiger partial charge in [0.15, 0.2) is 11.5 Å². The topological polar surface area (TPSA) is 84.7 Å². The third-order valence-corrected chi connectivity index (χ3v) is 3.16. The lowest BCUT2D eigenvalue weighted by Crippen LogP contribution is -2.63. The number of hydrogen-bond acceptors (Lipinski definition) is 5. The van der Waals surface area contributed by atoms with E-state index in [1.54, 1.807) is 13.8 Å². The maximum absolute atomic E-state index is 12.4. The monoisotopic (exact) mass is 267 g/mol. The fourth-order valence-electron chi connectivity index (χ4n) is 2.02. The second-order valence-electron chi connectivity index (χ2n) is 4.88. The minimum Gasteiger partial charge on any atom is -0.377 e. The SMILES string of the molecule is COCc1cc(C(=O)N2CCNC(=O)C2(C)C)no1. The van der Waals surface area contributed by atoms with Crippen LogP contribution in [0.5, 0.6) is 0 Å². The summed E-state index contributed by atoms with van der Waals surface area (Å²) in [6.07, 6.45) is 0. The van der Waals surface area contributed by atoms with Gasteiger partial charge in [0.25, 0.3) is 5.91 Å². The molecular weight excluding hydrogens is 250 g/mol. The van der Waals surface area contributed by atoms with Gasteiger partial charge in [0.1, 0.15) is 12.1 Å². The van der Waals surface area contributed by atoms with Gasteiger partial charge in [0.05, 0.1) is 0 Å². The summed E-state index contributed by atoms with van der Waals surface area (Å²) in [6, 6.07) is 1.54. The van der Waals surface area contributed by atoms with E-state index in [1.165, 1.54) is 18.1 Å². The van der Waals surface area contributed by atoms with Crippen LogP contribution in [0.25, 0.3) is 0 Å². The van der Waals surface area contributed by atoms with Gasteiger partial charge in [0.2, 0.25) is 5.91 Å². The molecule has 1 aliphatic rings. The Labute approximate surface area is 110 Å². The summed E-state index contributed by atoms with van der Waals surface area (Å²) in [5.74, 6) is -0.0104. The minimum atomic E-state index is -0.893. The van der Waals surface area contributed by atoms with Crippen LogP contribution in [0.3, 0.4) is 0 Å².